The summed E-state index contributed by atoms with van der Waals surface area (Å²) in [6.07, 6.45) is 3.79. The van der Waals surface area contributed by atoms with Crippen molar-refractivity contribution in [3.05, 3.63) is 60.2 Å². The van der Waals surface area contributed by atoms with Crippen molar-refractivity contribution in [3.8, 4) is 11.4 Å². The number of nitrogens with zero attached hydrogens (tertiary/aromatic N) is 3. The molecule has 30 heavy (non-hydrogen) atoms. The second-order valence-electron chi connectivity index (χ2n) is 7.28. The van der Waals surface area contributed by atoms with Crippen molar-refractivity contribution in [3.63, 3.8) is 0 Å². The van der Waals surface area contributed by atoms with Gasteiger partial charge in [0.25, 0.3) is 0 Å². The predicted octanol–water partition coefficient (Wildman–Crippen LogP) is 4.45. The predicted molar refractivity (Wildman–Crippen MR) is 115 cm³/mol. The van der Waals surface area contributed by atoms with Crippen LogP contribution in [0.1, 0.15) is 18.7 Å². The molecule has 156 valence electrons. The Balaban J connectivity index is 1.37. The maximum atomic E-state index is 13.1. The number of hydrogen-bond acceptors (Lipinski definition) is 6. The van der Waals surface area contributed by atoms with Crippen molar-refractivity contribution in [1.82, 2.24) is 15.0 Å². The topological polar surface area (TPSA) is 71.3 Å². The Morgan fingerprint density at radius 2 is 2.07 bits per heavy atom. The van der Waals surface area contributed by atoms with E-state index >= 15 is 0 Å². The van der Waals surface area contributed by atoms with Crippen LogP contribution in [0.2, 0.25) is 0 Å². The number of amides is 1. The maximum absolute atomic E-state index is 13.1. The van der Waals surface area contributed by atoms with Gasteiger partial charge in [-0.15, -0.1) is 11.8 Å². The molecule has 1 atom stereocenters. The average Bonchev–Trinajstić information content (AvgIpc) is 3.23. The first-order valence-corrected chi connectivity index (χ1v) is 11.1. The molecule has 2 aromatic carbocycles. The summed E-state index contributed by atoms with van der Waals surface area (Å²) in [5.41, 5.74) is 1.56. The first kappa shape index (κ1) is 20.6. The quantitative estimate of drug-likeness (QED) is 0.587. The van der Waals surface area contributed by atoms with Crippen LogP contribution in [0, 0.1) is 11.7 Å². The summed E-state index contributed by atoms with van der Waals surface area (Å²) in [6, 6.07) is 13.8. The highest BCUT2D eigenvalue weighted by molar-refractivity contribution is 7.98. The van der Waals surface area contributed by atoms with Crippen molar-refractivity contribution < 1.29 is 13.7 Å². The van der Waals surface area contributed by atoms with E-state index in [1.54, 1.807) is 23.9 Å². The third kappa shape index (κ3) is 4.88. The van der Waals surface area contributed by atoms with E-state index in [0.717, 1.165) is 30.0 Å². The number of carbonyl (C=O) groups is 1. The van der Waals surface area contributed by atoms with Crippen LogP contribution in [0.15, 0.2) is 57.9 Å². The molecule has 0 saturated carbocycles. The summed E-state index contributed by atoms with van der Waals surface area (Å²) in [4.78, 5) is 20.5. The number of rotatable bonds is 6. The molecule has 1 aliphatic heterocycles. The van der Waals surface area contributed by atoms with Gasteiger partial charge in [0.05, 0.1) is 18.2 Å². The lowest BCUT2D eigenvalue weighted by Gasteiger charge is -2.31. The van der Waals surface area contributed by atoms with Crippen LogP contribution < -0.4 is 5.32 Å². The van der Waals surface area contributed by atoms with Gasteiger partial charge < -0.3 is 9.84 Å². The molecule has 0 aliphatic carbocycles. The Morgan fingerprint density at radius 3 is 2.87 bits per heavy atom. The summed E-state index contributed by atoms with van der Waals surface area (Å²) in [6.45, 7) is 2.00. The molecule has 1 fully saturated rings. The second kappa shape index (κ2) is 9.40. The Labute approximate surface area is 178 Å². The minimum atomic E-state index is -0.305. The Hall–Kier alpha value is -2.71. The highest BCUT2D eigenvalue weighted by Gasteiger charge is 2.27. The van der Waals surface area contributed by atoms with E-state index in [0.29, 0.717) is 30.4 Å². The second-order valence-corrected chi connectivity index (χ2v) is 8.13. The lowest BCUT2D eigenvalue weighted by atomic mass is 9.97. The Bertz CT molecular complexity index is 1010. The summed E-state index contributed by atoms with van der Waals surface area (Å²) in [5, 5.41) is 7.07. The molecule has 0 bridgehead atoms. The van der Waals surface area contributed by atoms with Gasteiger partial charge in [0.2, 0.25) is 17.6 Å². The Kier molecular flexibility index (Phi) is 6.44. The SMILES string of the molecule is CSc1ccccc1NC(=O)C1CCCN(Cc2nc(-c3ccc(F)cc3)no2)C1. The molecule has 1 saturated heterocycles. The van der Waals surface area contributed by atoms with E-state index in [9.17, 15) is 9.18 Å². The molecule has 4 rings (SSSR count). The zero-order valence-electron chi connectivity index (χ0n) is 16.7. The fourth-order valence-corrected chi connectivity index (χ4v) is 4.18. The van der Waals surface area contributed by atoms with E-state index in [1.807, 2.05) is 30.5 Å². The van der Waals surface area contributed by atoms with Crippen LogP contribution in [0.5, 0.6) is 0 Å². The molecular formula is C22H23FN4O2S. The summed E-state index contributed by atoms with van der Waals surface area (Å²) in [7, 11) is 0. The zero-order valence-corrected chi connectivity index (χ0v) is 17.5. The first-order chi connectivity index (χ1) is 14.6. The molecule has 1 amide bonds. The summed E-state index contributed by atoms with van der Waals surface area (Å²) < 4.78 is 18.5. The third-order valence-electron chi connectivity index (χ3n) is 5.17. The first-order valence-electron chi connectivity index (χ1n) is 9.87. The standard InChI is InChI=1S/C22H23FN4O2S/c1-30-19-7-3-2-6-18(19)24-22(28)16-5-4-12-27(13-16)14-20-25-21(26-29-20)15-8-10-17(23)11-9-15/h2-3,6-11,16H,4-5,12-14H2,1H3,(H,24,28). The normalized spacial score (nSPS) is 17.1. The molecule has 0 spiro atoms. The van der Waals surface area contributed by atoms with Crippen LogP contribution in [-0.2, 0) is 11.3 Å². The number of carbonyl (C=O) groups excluding carboxylic acids is 1. The monoisotopic (exact) mass is 426 g/mol. The van der Waals surface area contributed by atoms with Crippen molar-refractivity contribution >= 4 is 23.4 Å². The molecule has 6 nitrogen and oxygen atoms in total. The average molecular weight is 427 g/mol. The number of hydrogen-bond donors (Lipinski definition) is 1. The van der Waals surface area contributed by atoms with Crippen LogP contribution >= 0.6 is 11.8 Å². The number of aromatic nitrogens is 2. The zero-order chi connectivity index (χ0) is 20.9. The number of likely N-dealkylation sites (tertiary alicyclic amines) is 1. The van der Waals surface area contributed by atoms with Gasteiger partial charge in [0, 0.05) is 17.0 Å². The number of para-hydroxylation sites is 1. The molecule has 1 aromatic heterocycles. The molecule has 1 unspecified atom stereocenters. The fourth-order valence-electron chi connectivity index (χ4n) is 3.62. The van der Waals surface area contributed by atoms with Gasteiger partial charge in [0.1, 0.15) is 5.82 Å². The molecule has 2 heterocycles. The number of benzene rings is 2. The molecule has 0 radical (unpaired) electrons. The lowest BCUT2D eigenvalue weighted by molar-refractivity contribution is -0.121. The number of halogens is 1. The van der Waals surface area contributed by atoms with E-state index < -0.39 is 0 Å². The molecule has 1 aliphatic rings. The molecule has 1 N–H and O–H groups in total. The van der Waals surface area contributed by atoms with Crippen LogP contribution in [0.3, 0.4) is 0 Å². The van der Waals surface area contributed by atoms with Crippen molar-refractivity contribution in [2.24, 2.45) is 5.92 Å². The molecular weight excluding hydrogens is 403 g/mol. The minimum absolute atomic E-state index is 0.0405. The van der Waals surface area contributed by atoms with E-state index in [4.69, 9.17) is 4.52 Å². The number of anilines is 1. The van der Waals surface area contributed by atoms with Gasteiger partial charge in [-0.1, -0.05) is 17.3 Å². The van der Waals surface area contributed by atoms with Crippen LogP contribution in [0.4, 0.5) is 10.1 Å². The largest absolute Gasteiger partial charge is 0.338 e. The molecule has 3 aromatic rings. The van der Waals surface area contributed by atoms with Gasteiger partial charge in [-0.2, -0.15) is 4.98 Å². The number of piperidine rings is 1. The van der Waals surface area contributed by atoms with E-state index in [2.05, 4.69) is 20.4 Å². The van der Waals surface area contributed by atoms with E-state index in [-0.39, 0.29) is 17.6 Å². The van der Waals surface area contributed by atoms with Crippen molar-refractivity contribution in [2.45, 2.75) is 24.3 Å². The van der Waals surface area contributed by atoms with Crippen LogP contribution in [-0.4, -0.2) is 40.3 Å². The highest BCUT2D eigenvalue weighted by atomic mass is 32.2. The maximum Gasteiger partial charge on any atom is 0.241 e. The van der Waals surface area contributed by atoms with Gasteiger partial charge in [-0.25, -0.2) is 4.39 Å². The lowest BCUT2D eigenvalue weighted by Crippen LogP contribution is -2.40. The van der Waals surface area contributed by atoms with Crippen LogP contribution in [0.25, 0.3) is 11.4 Å². The fraction of sp³-hybridized carbons (Fsp3) is 0.318. The van der Waals surface area contributed by atoms with Gasteiger partial charge in [-0.3, -0.25) is 9.69 Å². The smallest absolute Gasteiger partial charge is 0.241 e. The van der Waals surface area contributed by atoms with E-state index in [1.165, 1.54) is 12.1 Å². The highest BCUT2D eigenvalue weighted by Crippen LogP contribution is 2.27. The summed E-state index contributed by atoms with van der Waals surface area (Å²) in [5.74, 6) is 0.570. The van der Waals surface area contributed by atoms with Gasteiger partial charge in [0.15, 0.2) is 0 Å². The van der Waals surface area contributed by atoms with Gasteiger partial charge in [-0.05, 0) is 62.0 Å². The third-order valence-corrected chi connectivity index (χ3v) is 5.97. The van der Waals surface area contributed by atoms with Crippen molar-refractivity contribution in [2.75, 3.05) is 24.7 Å². The number of nitrogens with one attached hydrogen (secondary N) is 1. The van der Waals surface area contributed by atoms with Crippen molar-refractivity contribution in [1.29, 1.82) is 0 Å². The Morgan fingerprint density at radius 1 is 1.27 bits per heavy atom. The summed E-state index contributed by atoms with van der Waals surface area (Å²) >= 11 is 1.61. The van der Waals surface area contributed by atoms with Gasteiger partial charge >= 0.3 is 0 Å². The number of thioether (sulfide) groups is 1. The molecule has 8 heteroatoms. The minimum Gasteiger partial charge on any atom is -0.338 e.